The number of rotatable bonds is 6. The number of hydrogen-bond donors (Lipinski definition) is 1. The van der Waals surface area contributed by atoms with Crippen LogP contribution < -0.4 is 10.2 Å². The monoisotopic (exact) mass is 284 g/mol. The van der Waals surface area contributed by atoms with E-state index in [-0.39, 0.29) is 0 Å². The molecule has 112 valence electrons. The highest BCUT2D eigenvalue weighted by Gasteiger charge is 2.09. The maximum Gasteiger partial charge on any atom is 0.138 e. The SMILES string of the molecule is CCCc1nc(NCC)cc(N(C)c2ccc(C)cc2)n1. The maximum absolute atomic E-state index is 4.68. The van der Waals surface area contributed by atoms with Crippen LogP contribution in [0.2, 0.25) is 0 Å². The number of nitrogens with zero attached hydrogens (tertiary/aromatic N) is 3. The van der Waals surface area contributed by atoms with Crippen molar-refractivity contribution in [2.75, 3.05) is 23.8 Å². The first-order chi connectivity index (χ1) is 10.1. The molecule has 0 aliphatic rings. The molecule has 0 saturated carbocycles. The molecule has 1 N–H and O–H groups in total. The molecule has 0 saturated heterocycles. The van der Waals surface area contributed by atoms with Crippen LogP contribution in [0.3, 0.4) is 0 Å². The minimum absolute atomic E-state index is 0.857. The maximum atomic E-state index is 4.68. The van der Waals surface area contributed by atoms with Crippen molar-refractivity contribution in [2.45, 2.75) is 33.6 Å². The first-order valence-corrected chi connectivity index (χ1v) is 7.56. The van der Waals surface area contributed by atoms with Crippen LogP contribution in [-0.4, -0.2) is 23.6 Å². The van der Waals surface area contributed by atoms with Crippen LogP contribution in [0.15, 0.2) is 30.3 Å². The van der Waals surface area contributed by atoms with Crippen molar-refractivity contribution < 1.29 is 0 Å². The minimum atomic E-state index is 0.857. The molecular formula is C17H24N4. The van der Waals surface area contributed by atoms with E-state index in [4.69, 9.17) is 0 Å². The van der Waals surface area contributed by atoms with Crippen LogP contribution in [0.1, 0.15) is 31.7 Å². The smallest absolute Gasteiger partial charge is 0.138 e. The van der Waals surface area contributed by atoms with Gasteiger partial charge in [-0.3, -0.25) is 0 Å². The molecule has 0 spiro atoms. The van der Waals surface area contributed by atoms with Gasteiger partial charge in [0.2, 0.25) is 0 Å². The third-order valence-corrected chi connectivity index (χ3v) is 3.36. The molecule has 0 bridgehead atoms. The van der Waals surface area contributed by atoms with E-state index in [2.05, 4.69) is 65.2 Å². The van der Waals surface area contributed by atoms with E-state index in [1.807, 2.05) is 13.1 Å². The van der Waals surface area contributed by atoms with Crippen LogP contribution in [0.4, 0.5) is 17.3 Å². The topological polar surface area (TPSA) is 41.1 Å². The molecule has 0 atom stereocenters. The van der Waals surface area contributed by atoms with Crippen molar-refractivity contribution in [3.63, 3.8) is 0 Å². The first kappa shape index (κ1) is 15.3. The minimum Gasteiger partial charge on any atom is -0.370 e. The number of aromatic nitrogens is 2. The third kappa shape index (κ3) is 3.94. The summed E-state index contributed by atoms with van der Waals surface area (Å²) in [6, 6.07) is 10.5. The van der Waals surface area contributed by atoms with Gasteiger partial charge < -0.3 is 10.2 Å². The largest absolute Gasteiger partial charge is 0.370 e. The van der Waals surface area contributed by atoms with Crippen LogP contribution >= 0.6 is 0 Å². The fourth-order valence-electron chi connectivity index (χ4n) is 2.16. The molecule has 0 amide bonds. The fourth-order valence-corrected chi connectivity index (χ4v) is 2.16. The quantitative estimate of drug-likeness (QED) is 0.872. The summed E-state index contributed by atoms with van der Waals surface area (Å²) in [7, 11) is 2.04. The summed E-state index contributed by atoms with van der Waals surface area (Å²) in [5.41, 5.74) is 2.39. The van der Waals surface area contributed by atoms with Gasteiger partial charge in [-0.25, -0.2) is 9.97 Å². The van der Waals surface area contributed by atoms with Crippen molar-refractivity contribution in [3.05, 3.63) is 41.7 Å². The third-order valence-electron chi connectivity index (χ3n) is 3.36. The molecule has 0 unspecified atom stereocenters. The molecule has 1 aromatic carbocycles. The lowest BCUT2D eigenvalue weighted by atomic mass is 10.2. The lowest BCUT2D eigenvalue weighted by molar-refractivity contribution is 0.831. The second-order valence-electron chi connectivity index (χ2n) is 5.20. The zero-order valence-electron chi connectivity index (χ0n) is 13.3. The summed E-state index contributed by atoms with van der Waals surface area (Å²) in [4.78, 5) is 11.3. The molecule has 4 heteroatoms. The van der Waals surface area contributed by atoms with Crippen molar-refractivity contribution >= 4 is 17.3 Å². The van der Waals surface area contributed by atoms with Gasteiger partial charge >= 0.3 is 0 Å². The van der Waals surface area contributed by atoms with Crippen LogP contribution in [-0.2, 0) is 6.42 Å². The summed E-state index contributed by atoms with van der Waals surface area (Å²) in [5, 5.41) is 3.28. The number of anilines is 3. The van der Waals surface area contributed by atoms with Crippen LogP contribution in [0.25, 0.3) is 0 Å². The highest BCUT2D eigenvalue weighted by molar-refractivity contribution is 5.62. The van der Waals surface area contributed by atoms with Crippen molar-refractivity contribution in [3.8, 4) is 0 Å². The molecule has 21 heavy (non-hydrogen) atoms. The predicted molar refractivity (Wildman–Crippen MR) is 89.4 cm³/mol. The Labute approximate surface area is 127 Å². The summed E-state index contributed by atoms with van der Waals surface area (Å²) >= 11 is 0. The lowest BCUT2D eigenvalue weighted by Gasteiger charge is -2.20. The number of hydrogen-bond acceptors (Lipinski definition) is 4. The highest BCUT2D eigenvalue weighted by Crippen LogP contribution is 2.24. The van der Waals surface area contributed by atoms with E-state index in [0.717, 1.165) is 42.5 Å². The summed E-state index contributed by atoms with van der Waals surface area (Å²) in [6.45, 7) is 7.17. The Morgan fingerprint density at radius 2 is 1.81 bits per heavy atom. The van der Waals surface area contributed by atoms with E-state index in [1.165, 1.54) is 5.56 Å². The van der Waals surface area contributed by atoms with Gasteiger partial charge in [0.15, 0.2) is 0 Å². The molecular weight excluding hydrogens is 260 g/mol. The zero-order chi connectivity index (χ0) is 15.2. The summed E-state index contributed by atoms with van der Waals surface area (Å²) in [5.74, 6) is 2.71. The Kier molecular flexibility index (Phi) is 5.14. The fraction of sp³-hybridized carbons (Fsp3) is 0.412. The van der Waals surface area contributed by atoms with Gasteiger partial charge in [0.1, 0.15) is 17.5 Å². The van der Waals surface area contributed by atoms with Gasteiger partial charge in [-0.2, -0.15) is 0 Å². The summed E-state index contributed by atoms with van der Waals surface area (Å²) in [6.07, 6.45) is 1.94. The Morgan fingerprint density at radius 1 is 1.10 bits per heavy atom. The Bertz CT molecular complexity index is 554. The predicted octanol–water partition coefficient (Wildman–Crippen LogP) is 3.94. The molecule has 4 nitrogen and oxygen atoms in total. The van der Waals surface area contributed by atoms with Crippen molar-refractivity contribution in [1.82, 2.24) is 9.97 Å². The second-order valence-corrected chi connectivity index (χ2v) is 5.20. The molecule has 0 radical (unpaired) electrons. The highest BCUT2D eigenvalue weighted by atomic mass is 15.2. The number of aryl methyl sites for hydroxylation is 2. The van der Waals surface area contributed by atoms with E-state index in [0.29, 0.717) is 0 Å². The van der Waals surface area contributed by atoms with Crippen LogP contribution in [0.5, 0.6) is 0 Å². The Hall–Kier alpha value is -2.10. The normalized spacial score (nSPS) is 10.5. The van der Waals surface area contributed by atoms with E-state index in [9.17, 15) is 0 Å². The lowest BCUT2D eigenvalue weighted by Crippen LogP contribution is -2.14. The van der Waals surface area contributed by atoms with Gasteiger partial charge in [0, 0.05) is 31.8 Å². The second kappa shape index (κ2) is 7.07. The molecule has 2 rings (SSSR count). The molecule has 2 aromatic rings. The number of benzene rings is 1. The Balaban J connectivity index is 2.34. The van der Waals surface area contributed by atoms with Crippen molar-refractivity contribution in [2.24, 2.45) is 0 Å². The first-order valence-electron chi connectivity index (χ1n) is 7.56. The molecule has 1 heterocycles. The van der Waals surface area contributed by atoms with Gasteiger partial charge in [-0.05, 0) is 32.4 Å². The van der Waals surface area contributed by atoms with Crippen LogP contribution in [0, 0.1) is 6.92 Å². The number of nitrogens with one attached hydrogen (secondary N) is 1. The van der Waals surface area contributed by atoms with E-state index in [1.54, 1.807) is 0 Å². The molecule has 1 aromatic heterocycles. The van der Waals surface area contributed by atoms with E-state index < -0.39 is 0 Å². The van der Waals surface area contributed by atoms with Gasteiger partial charge in [-0.15, -0.1) is 0 Å². The van der Waals surface area contributed by atoms with E-state index >= 15 is 0 Å². The summed E-state index contributed by atoms with van der Waals surface area (Å²) < 4.78 is 0. The molecule has 0 fully saturated rings. The zero-order valence-corrected chi connectivity index (χ0v) is 13.3. The average Bonchev–Trinajstić information content (AvgIpc) is 2.48. The molecule has 0 aliphatic carbocycles. The van der Waals surface area contributed by atoms with Gasteiger partial charge in [0.25, 0.3) is 0 Å². The average molecular weight is 284 g/mol. The van der Waals surface area contributed by atoms with Gasteiger partial charge in [0.05, 0.1) is 0 Å². The van der Waals surface area contributed by atoms with Crippen molar-refractivity contribution in [1.29, 1.82) is 0 Å². The standard InChI is InChI=1S/C17H24N4/c1-5-7-15-19-16(18-6-2)12-17(20-15)21(4)14-10-8-13(3)9-11-14/h8-12H,5-7H2,1-4H3,(H,18,19,20). The molecule has 0 aliphatic heterocycles. The van der Waals surface area contributed by atoms with Gasteiger partial charge in [-0.1, -0.05) is 24.6 Å². The Morgan fingerprint density at radius 3 is 2.43 bits per heavy atom.